The molecule has 2 fully saturated rings. The van der Waals surface area contributed by atoms with E-state index in [9.17, 15) is 9.59 Å². The van der Waals surface area contributed by atoms with E-state index in [4.69, 9.17) is 0 Å². The Labute approximate surface area is 157 Å². The molecule has 9 heteroatoms. The predicted octanol–water partition coefficient (Wildman–Crippen LogP) is -0.323. The normalized spacial score (nSPS) is 29.0. The zero-order valence-electron chi connectivity index (χ0n) is 15.6. The van der Waals surface area contributed by atoms with Crippen LogP contribution in [0.1, 0.15) is 19.2 Å². The van der Waals surface area contributed by atoms with Gasteiger partial charge in [-0.05, 0) is 25.2 Å². The molecule has 1 aromatic heterocycles. The first-order chi connectivity index (χ1) is 13.1. The van der Waals surface area contributed by atoms with Gasteiger partial charge < -0.3 is 10.6 Å². The summed E-state index contributed by atoms with van der Waals surface area (Å²) in [5.74, 6) is 1.60. The number of hydrogen-bond acceptors (Lipinski definition) is 5. The predicted molar refractivity (Wildman–Crippen MR) is 98.3 cm³/mol. The van der Waals surface area contributed by atoms with E-state index in [-0.39, 0.29) is 35.5 Å². The molecule has 2 aliphatic carbocycles. The van der Waals surface area contributed by atoms with E-state index in [2.05, 4.69) is 37.9 Å². The van der Waals surface area contributed by atoms with Gasteiger partial charge in [-0.3, -0.25) is 19.2 Å². The maximum Gasteiger partial charge on any atom is 0.233 e. The summed E-state index contributed by atoms with van der Waals surface area (Å²) in [5.41, 5.74) is 0. The van der Waals surface area contributed by atoms with Crippen LogP contribution in [0.25, 0.3) is 0 Å². The van der Waals surface area contributed by atoms with Gasteiger partial charge in [0.2, 0.25) is 11.8 Å². The molecule has 0 aromatic carbocycles. The maximum absolute atomic E-state index is 12.7. The van der Waals surface area contributed by atoms with Crippen molar-refractivity contribution in [2.75, 3.05) is 19.6 Å². The summed E-state index contributed by atoms with van der Waals surface area (Å²) in [6, 6.07) is 0. The lowest BCUT2D eigenvalue weighted by Crippen LogP contribution is -2.43. The topological polar surface area (TPSA) is 105 Å². The fraction of sp³-hybridized carbons (Fsp3) is 0.611. The molecule has 4 unspecified atom stereocenters. The van der Waals surface area contributed by atoms with Crippen molar-refractivity contribution in [1.82, 2.24) is 30.3 Å². The summed E-state index contributed by atoms with van der Waals surface area (Å²) in [4.78, 5) is 35.4. The molecule has 2 amide bonds. The highest BCUT2D eigenvalue weighted by Crippen LogP contribution is 2.52. The highest BCUT2D eigenvalue weighted by Gasteiger charge is 2.58. The molecule has 3 aliphatic rings. The van der Waals surface area contributed by atoms with E-state index in [1.54, 1.807) is 4.68 Å². The Morgan fingerprint density at radius 2 is 1.93 bits per heavy atom. The van der Waals surface area contributed by atoms with Crippen LogP contribution in [-0.4, -0.2) is 57.1 Å². The van der Waals surface area contributed by atoms with Crippen LogP contribution in [0.4, 0.5) is 0 Å². The van der Waals surface area contributed by atoms with E-state index < -0.39 is 0 Å². The van der Waals surface area contributed by atoms with Gasteiger partial charge in [0.15, 0.2) is 5.96 Å². The van der Waals surface area contributed by atoms with Crippen LogP contribution in [0, 0.1) is 23.7 Å². The Kier molecular flexibility index (Phi) is 4.67. The standard InChI is InChI=1S/C18H25N7O2/c1-3-19-18(21-9-13-22-10-23-24(13)2)20-6-7-25-16(26)14-11-4-5-12(8-11)15(14)17(25)27/h4-5,10-12,14-15H,3,6-9H2,1-2H3,(H2,19,20,21). The van der Waals surface area contributed by atoms with Crippen LogP contribution in [0.15, 0.2) is 23.5 Å². The van der Waals surface area contributed by atoms with E-state index in [1.165, 1.54) is 11.2 Å². The summed E-state index contributed by atoms with van der Waals surface area (Å²) in [5, 5.41) is 10.4. The molecule has 4 atom stereocenters. The molecule has 1 aliphatic heterocycles. The van der Waals surface area contributed by atoms with Crippen molar-refractivity contribution in [3.63, 3.8) is 0 Å². The van der Waals surface area contributed by atoms with Crippen LogP contribution in [-0.2, 0) is 23.2 Å². The smallest absolute Gasteiger partial charge is 0.233 e. The van der Waals surface area contributed by atoms with Crippen molar-refractivity contribution in [2.45, 2.75) is 19.9 Å². The number of carbonyl (C=O) groups excluding carboxylic acids is 2. The summed E-state index contributed by atoms with van der Waals surface area (Å²) in [7, 11) is 1.82. The number of likely N-dealkylation sites (tertiary alicyclic amines) is 1. The second-order valence-electron chi connectivity index (χ2n) is 7.25. The van der Waals surface area contributed by atoms with Crippen LogP contribution < -0.4 is 10.6 Å². The number of hydrogen-bond donors (Lipinski definition) is 2. The van der Waals surface area contributed by atoms with Crippen LogP contribution in [0.3, 0.4) is 0 Å². The molecular formula is C18H25N7O2. The van der Waals surface area contributed by atoms with Crippen molar-refractivity contribution in [1.29, 1.82) is 0 Å². The summed E-state index contributed by atoms with van der Waals surface area (Å²) in [6.45, 7) is 3.91. The van der Waals surface area contributed by atoms with E-state index in [1.807, 2.05) is 14.0 Å². The fourth-order valence-corrected chi connectivity index (χ4v) is 4.43. The minimum atomic E-state index is -0.134. The monoisotopic (exact) mass is 371 g/mol. The third-order valence-electron chi connectivity index (χ3n) is 5.72. The number of aromatic nitrogens is 3. The lowest BCUT2D eigenvalue weighted by atomic mass is 9.85. The number of fused-ring (bicyclic) bond motifs is 5. The van der Waals surface area contributed by atoms with Gasteiger partial charge in [0.1, 0.15) is 18.7 Å². The van der Waals surface area contributed by atoms with E-state index >= 15 is 0 Å². The number of nitrogens with zero attached hydrogens (tertiary/aromatic N) is 5. The van der Waals surface area contributed by atoms with Gasteiger partial charge in [-0.15, -0.1) is 0 Å². The fourth-order valence-electron chi connectivity index (χ4n) is 4.43. The molecule has 27 heavy (non-hydrogen) atoms. The lowest BCUT2D eigenvalue weighted by Gasteiger charge is -2.18. The van der Waals surface area contributed by atoms with Crippen molar-refractivity contribution in [3.8, 4) is 0 Å². The van der Waals surface area contributed by atoms with Gasteiger partial charge in [0.05, 0.1) is 11.8 Å². The van der Waals surface area contributed by atoms with E-state index in [0.717, 1.165) is 12.2 Å². The Balaban J connectivity index is 1.33. The van der Waals surface area contributed by atoms with Gasteiger partial charge in [-0.2, -0.15) is 5.10 Å². The summed E-state index contributed by atoms with van der Waals surface area (Å²) < 4.78 is 1.68. The first-order valence-electron chi connectivity index (χ1n) is 9.48. The number of carbonyl (C=O) groups is 2. The number of aryl methyl sites for hydroxylation is 1. The van der Waals surface area contributed by atoms with Gasteiger partial charge >= 0.3 is 0 Å². The quantitative estimate of drug-likeness (QED) is 0.307. The zero-order chi connectivity index (χ0) is 19.0. The van der Waals surface area contributed by atoms with Crippen LogP contribution in [0.5, 0.6) is 0 Å². The molecule has 1 saturated heterocycles. The first-order valence-corrected chi connectivity index (χ1v) is 9.48. The largest absolute Gasteiger partial charge is 0.357 e. The summed E-state index contributed by atoms with van der Waals surface area (Å²) >= 11 is 0. The van der Waals surface area contributed by atoms with Crippen molar-refractivity contribution >= 4 is 17.8 Å². The highest BCUT2D eigenvalue weighted by molar-refractivity contribution is 6.06. The number of guanidine groups is 1. The molecule has 9 nitrogen and oxygen atoms in total. The van der Waals surface area contributed by atoms with Gasteiger partial charge in [-0.25, -0.2) is 9.98 Å². The third-order valence-corrected chi connectivity index (χ3v) is 5.72. The van der Waals surface area contributed by atoms with Crippen molar-refractivity contribution < 1.29 is 9.59 Å². The zero-order valence-corrected chi connectivity index (χ0v) is 15.6. The Hall–Kier alpha value is -2.71. The van der Waals surface area contributed by atoms with E-state index in [0.29, 0.717) is 32.1 Å². The number of allylic oxidation sites excluding steroid dienone is 2. The maximum atomic E-state index is 12.7. The molecule has 4 rings (SSSR count). The van der Waals surface area contributed by atoms with Gasteiger partial charge in [0.25, 0.3) is 0 Å². The van der Waals surface area contributed by atoms with Crippen LogP contribution in [0.2, 0.25) is 0 Å². The molecule has 0 spiro atoms. The Morgan fingerprint density at radius 1 is 1.22 bits per heavy atom. The number of aliphatic imine (C=N–C) groups is 1. The molecule has 144 valence electrons. The Morgan fingerprint density at radius 3 is 2.52 bits per heavy atom. The molecule has 1 aromatic rings. The lowest BCUT2D eigenvalue weighted by molar-refractivity contribution is -0.140. The van der Waals surface area contributed by atoms with Crippen molar-refractivity contribution in [2.24, 2.45) is 35.7 Å². The average Bonchev–Trinajstić information content (AvgIpc) is 3.41. The second kappa shape index (κ2) is 7.13. The molecular weight excluding hydrogens is 346 g/mol. The molecule has 2 bridgehead atoms. The first kappa shape index (κ1) is 17.7. The van der Waals surface area contributed by atoms with Gasteiger partial charge in [0, 0.05) is 26.7 Å². The number of amides is 2. The number of nitrogens with one attached hydrogen (secondary N) is 2. The third kappa shape index (κ3) is 3.11. The average molecular weight is 371 g/mol. The SMILES string of the molecule is CCNC(=NCc1ncnn1C)NCCN1C(=O)C2C3C=CC(C3)C2C1=O. The second-order valence-corrected chi connectivity index (χ2v) is 7.25. The Bertz CT molecular complexity index is 769. The van der Waals surface area contributed by atoms with Crippen molar-refractivity contribution in [3.05, 3.63) is 24.3 Å². The van der Waals surface area contributed by atoms with Gasteiger partial charge in [-0.1, -0.05) is 12.2 Å². The minimum absolute atomic E-state index is 0.00956. The minimum Gasteiger partial charge on any atom is -0.357 e. The summed E-state index contributed by atoms with van der Waals surface area (Å²) in [6.07, 6.45) is 6.68. The molecule has 1 saturated carbocycles. The highest BCUT2D eigenvalue weighted by atomic mass is 16.2. The molecule has 2 N–H and O–H groups in total. The molecule has 0 radical (unpaired) electrons. The molecule has 2 heterocycles. The number of rotatable bonds is 6. The number of imide groups is 1. The van der Waals surface area contributed by atoms with Crippen LogP contribution >= 0.6 is 0 Å².